The summed E-state index contributed by atoms with van der Waals surface area (Å²) >= 11 is 0. The van der Waals surface area contributed by atoms with Crippen molar-refractivity contribution in [3.8, 4) is 0 Å². The lowest BCUT2D eigenvalue weighted by Gasteiger charge is -2.28. The number of ether oxygens (including phenoxy) is 2. The molecule has 7 nitrogen and oxygen atoms in total. The zero-order valence-electron chi connectivity index (χ0n) is 24.8. The normalized spacial score (nSPS) is 13.2. The molecule has 0 aliphatic heterocycles. The largest absolute Gasteiger partial charge is 0.371 e. The van der Waals surface area contributed by atoms with Crippen molar-refractivity contribution in [2.24, 2.45) is 0 Å². The van der Waals surface area contributed by atoms with Gasteiger partial charge >= 0.3 is 0 Å². The quantitative estimate of drug-likeness (QED) is 0.122. The van der Waals surface area contributed by atoms with E-state index in [0.717, 1.165) is 30.4 Å². The highest BCUT2D eigenvalue weighted by molar-refractivity contribution is 7.86. The summed E-state index contributed by atoms with van der Waals surface area (Å²) in [5.74, 6) is -0.124. The lowest BCUT2D eigenvalue weighted by atomic mass is 10.0. The molecule has 0 saturated heterocycles. The van der Waals surface area contributed by atoms with Crippen molar-refractivity contribution in [2.45, 2.75) is 102 Å². The number of amides is 1. The molecular formula is C32H49NO6S. The van der Waals surface area contributed by atoms with Crippen LogP contribution in [0.3, 0.4) is 0 Å². The van der Waals surface area contributed by atoms with Gasteiger partial charge < -0.3 is 14.4 Å². The molecule has 0 aliphatic rings. The average molecular weight is 576 g/mol. The molecule has 0 spiro atoms. The second-order valence-corrected chi connectivity index (χ2v) is 12.2. The molecule has 2 atom stereocenters. The van der Waals surface area contributed by atoms with Crippen molar-refractivity contribution >= 4 is 16.0 Å². The number of hydrogen-bond acceptors (Lipinski definition) is 6. The number of aryl methyl sites for hydroxylation is 1. The molecule has 224 valence electrons. The number of rotatable bonds is 21. The fourth-order valence-corrected chi connectivity index (χ4v) is 5.29. The Balaban J connectivity index is 2.06. The Labute approximate surface area is 242 Å². The lowest BCUT2D eigenvalue weighted by Crippen LogP contribution is -2.36. The topological polar surface area (TPSA) is 82.1 Å². The molecule has 2 rings (SSSR count). The molecule has 40 heavy (non-hydrogen) atoms. The Morgan fingerprint density at radius 3 is 2.02 bits per heavy atom. The summed E-state index contributed by atoms with van der Waals surface area (Å²) in [5, 5.41) is 0. The molecule has 0 radical (unpaired) electrons. The predicted molar refractivity (Wildman–Crippen MR) is 160 cm³/mol. The van der Waals surface area contributed by atoms with E-state index in [-0.39, 0.29) is 30.1 Å². The SMILES string of the molecule is CCCCCCCCCC[C@H](OCC(=O)N(C)C)[C@@H](CCOS(=O)(=O)c1ccc(C)cc1)OCc1ccccc1. The Morgan fingerprint density at radius 1 is 0.800 bits per heavy atom. The number of hydrogen-bond donors (Lipinski definition) is 0. The van der Waals surface area contributed by atoms with Gasteiger partial charge in [-0.3, -0.25) is 8.98 Å². The van der Waals surface area contributed by atoms with Gasteiger partial charge in [0.15, 0.2) is 0 Å². The van der Waals surface area contributed by atoms with Crippen LogP contribution in [0.25, 0.3) is 0 Å². The summed E-state index contributed by atoms with van der Waals surface area (Å²) in [6, 6.07) is 16.4. The molecule has 0 aliphatic carbocycles. The highest BCUT2D eigenvalue weighted by Crippen LogP contribution is 2.21. The Hall–Kier alpha value is -2.26. The third-order valence-electron chi connectivity index (χ3n) is 6.93. The number of likely N-dealkylation sites (N-methyl/N-ethyl adjacent to an activating group) is 1. The van der Waals surface area contributed by atoms with Crippen molar-refractivity contribution in [1.82, 2.24) is 4.90 Å². The summed E-state index contributed by atoms with van der Waals surface area (Å²) in [5.41, 5.74) is 1.98. The number of benzene rings is 2. The maximum absolute atomic E-state index is 12.8. The molecule has 0 heterocycles. The molecule has 0 unspecified atom stereocenters. The first kappa shape index (κ1) is 33.9. The summed E-state index contributed by atoms with van der Waals surface area (Å²) < 4.78 is 43.4. The summed E-state index contributed by atoms with van der Waals surface area (Å²) in [4.78, 5) is 14.0. The second-order valence-electron chi connectivity index (χ2n) is 10.6. The number of nitrogens with zero attached hydrogens (tertiary/aromatic N) is 1. The molecule has 0 bridgehead atoms. The van der Waals surface area contributed by atoms with Crippen molar-refractivity contribution in [2.75, 3.05) is 27.3 Å². The monoisotopic (exact) mass is 575 g/mol. The molecule has 0 fully saturated rings. The van der Waals surface area contributed by atoms with Crippen molar-refractivity contribution in [1.29, 1.82) is 0 Å². The second kappa shape index (κ2) is 19.0. The van der Waals surface area contributed by atoms with Gasteiger partial charge in [-0.2, -0.15) is 8.42 Å². The van der Waals surface area contributed by atoms with Crippen LogP contribution in [0.2, 0.25) is 0 Å². The Bertz CT molecular complexity index is 1060. The van der Waals surface area contributed by atoms with Crippen LogP contribution >= 0.6 is 0 Å². The van der Waals surface area contributed by atoms with E-state index in [9.17, 15) is 13.2 Å². The van der Waals surface area contributed by atoms with Crippen LogP contribution in [0, 0.1) is 6.92 Å². The van der Waals surface area contributed by atoms with Gasteiger partial charge in [0, 0.05) is 20.5 Å². The minimum absolute atomic E-state index is 0.0470. The van der Waals surface area contributed by atoms with E-state index < -0.39 is 16.2 Å². The molecule has 8 heteroatoms. The molecule has 1 amide bonds. The van der Waals surface area contributed by atoms with Crippen LogP contribution in [0.4, 0.5) is 0 Å². The summed E-state index contributed by atoms with van der Waals surface area (Å²) in [6.45, 7) is 4.38. The number of unbranched alkanes of at least 4 members (excludes halogenated alkanes) is 7. The summed E-state index contributed by atoms with van der Waals surface area (Å²) in [6.07, 6.45) is 9.74. The highest BCUT2D eigenvalue weighted by Gasteiger charge is 2.26. The Morgan fingerprint density at radius 2 is 1.40 bits per heavy atom. The van der Waals surface area contributed by atoms with Crippen LogP contribution in [-0.2, 0) is 35.2 Å². The van der Waals surface area contributed by atoms with E-state index in [4.69, 9.17) is 13.7 Å². The van der Waals surface area contributed by atoms with E-state index >= 15 is 0 Å². The molecule has 2 aromatic carbocycles. The van der Waals surface area contributed by atoms with E-state index in [0.29, 0.717) is 13.0 Å². The van der Waals surface area contributed by atoms with Gasteiger partial charge in [0.05, 0.1) is 30.3 Å². The molecule has 0 aromatic heterocycles. The maximum atomic E-state index is 12.8. The van der Waals surface area contributed by atoms with Gasteiger partial charge in [-0.05, 0) is 31.0 Å². The average Bonchev–Trinajstić information content (AvgIpc) is 2.94. The highest BCUT2D eigenvalue weighted by atomic mass is 32.2. The zero-order chi connectivity index (χ0) is 29.2. The lowest BCUT2D eigenvalue weighted by molar-refractivity contribution is -0.142. The van der Waals surface area contributed by atoms with E-state index in [2.05, 4.69) is 6.92 Å². The maximum Gasteiger partial charge on any atom is 0.296 e. The van der Waals surface area contributed by atoms with Crippen molar-refractivity contribution < 1.29 is 26.9 Å². The third-order valence-corrected chi connectivity index (χ3v) is 8.26. The first-order chi connectivity index (χ1) is 19.2. The fourth-order valence-electron chi connectivity index (χ4n) is 4.36. The fraction of sp³-hybridized carbons (Fsp3) is 0.594. The van der Waals surface area contributed by atoms with Crippen LogP contribution in [0.5, 0.6) is 0 Å². The van der Waals surface area contributed by atoms with Gasteiger partial charge in [-0.15, -0.1) is 0 Å². The minimum Gasteiger partial charge on any atom is -0.371 e. The standard InChI is InChI=1S/C32H49NO6S/c1-5-6-7-8-9-10-11-15-18-30(38-26-32(34)33(3)4)31(37-25-28-16-13-12-14-17-28)23-24-39-40(35,36)29-21-19-27(2)20-22-29/h12-14,16-17,19-22,30-31H,5-11,15,18,23-26H2,1-4H3/t30-,31+/m0/s1. The van der Waals surface area contributed by atoms with E-state index in [1.54, 1.807) is 38.4 Å². The van der Waals surface area contributed by atoms with Gasteiger partial charge in [0.2, 0.25) is 5.91 Å². The zero-order valence-corrected chi connectivity index (χ0v) is 25.7. The van der Waals surface area contributed by atoms with Gasteiger partial charge in [-0.25, -0.2) is 0 Å². The summed E-state index contributed by atoms with van der Waals surface area (Å²) in [7, 11) is -0.492. The molecular weight excluding hydrogens is 526 g/mol. The molecule has 2 aromatic rings. The molecule has 0 saturated carbocycles. The van der Waals surface area contributed by atoms with Gasteiger partial charge in [0.25, 0.3) is 10.1 Å². The van der Waals surface area contributed by atoms with E-state index in [1.165, 1.54) is 43.4 Å². The van der Waals surface area contributed by atoms with Crippen molar-refractivity contribution in [3.05, 3.63) is 65.7 Å². The predicted octanol–water partition coefficient (Wildman–Crippen LogP) is 6.68. The van der Waals surface area contributed by atoms with E-state index in [1.807, 2.05) is 37.3 Å². The van der Waals surface area contributed by atoms with Gasteiger partial charge in [-0.1, -0.05) is 106 Å². The van der Waals surface area contributed by atoms with Crippen LogP contribution in [0.1, 0.15) is 82.3 Å². The number of carbonyl (C=O) groups is 1. The van der Waals surface area contributed by atoms with Crippen LogP contribution in [-0.4, -0.2) is 58.7 Å². The van der Waals surface area contributed by atoms with Crippen LogP contribution < -0.4 is 0 Å². The smallest absolute Gasteiger partial charge is 0.296 e. The van der Waals surface area contributed by atoms with Gasteiger partial charge in [0.1, 0.15) is 6.61 Å². The first-order valence-electron chi connectivity index (χ1n) is 14.7. The van der Waals surface area contributed by atoms with Crippen LogP contribution in [0.15, 0.2) is 59.5 Å². The Kier molecular flexibility index (Phi) is 16.1. The molecule has 0 N–H and O–H groups in total. The third kappa shape index (κ3) is 13.4. The minimum atomic E-state index is -3.89. The van der Waals surface area contributed by atoms with Crippen molar-refractivity contribution in [3.63, 3.8) is 0 Å². The number of carbonyl (C=O) groups excluding carboxylic acids is 1. The first-order valence-corrected chi connectivity index (χ1v) is 16.1.